The maximum atomic E-state index is 13.0. The van der Waals surface area contributed by atoms with Crippen molar-refractivity contribution in [2.24, 2.45) is 0 Å². The molecule has 4 rings (SSSR count). The number of aromatic nitrogens is 4. The van der Waals surface area contributed by atoms with E-state index >= 15 is 0 Å². The van der Waals surface area contributed by atoms with E-state index in [0.717, 1.165) is 25.7 Å². The van der Waals surface area contributed by atoms with E-state index in [4.69, 9.17) is 4.74 Å². The highest BCUT2D eigenvalue weighted by molar-refractivity contribution is 7.91. The minimum Gasteiger partial charge on any atom is -0.452 e. The minimum absolute atomic E-state index is 0.00821. The number of rotatable bonds is 6. The molecule has 0 bridgehead atoms. The van der Waals surface area contributed by atoms with Crippen LogP contribution in [0.25, 0.3) is 5.78 Å². The average Bonchev–Trinajstić information content (AvgIpc) is 3.46. The maximum absolute atomic E-state index is 13.0. The molecule has 0 spiro atoms. The fraction of sp³-hybridized carbons (Fsp3) is 0.632. The Bertz CT molecular complexity index is 1060. The largest absolute Gasteiger partial charge is 0.452 e. The van der Waals surface area contributed by atoms with Gasteiger partial charge in [0.1, 0.15) is 6.33 Å². The van der Waals surface area contributed by atoms with E-state index in [-0.39, 0.29) is 35.1 Å². The molecule has 1 saturated carbocycles. The Morgan fingerprint density at radius 1 is 1.20 bits per heavy atom. The summed E-state index contributed by atoms with van der Waals surface area (Å²) >= 11 is 0. The summed E-state index contributed by atoms with van der Waals surface area (Å²) in [6.07, 6.45) is 7.41. The molecule has 2 aliphatic rings. The molecule has 0 aromatic carbocycles. The van der Waals surface area contributed by atoms with Crippen LogP contribution in [0.4, 0.5) is 0 Å². The Morgan fingerprint density at radius 2 is 1.97 bits per heavy atom. The van der Waals surface area contributed by atoms with Gasteiger partial charge in [-0.25, -0.2) is 22.7 Å². The van der Waals surface area contributed by atoms with Gasteiger partial charge in [-0.1, -0.05) is 19.8 Å². The highest BCUT2D eigenvalue weighted by Gasteiger charge is 2.39. The quantitative estimate of drug-likeness (QED) is 0.611. The van der Waals surface area contributed by atoms with Crippen LogP contribution in [-0.2, 0) is 25.8 Å². The van der Waals surface area contributed by atoms with Crippen LogP contribution in [0.15, 0.2) is 12.5 Å². The van der Waals surface area contributed by atoms with Gasteiger partial charge in [0.2, 0.25) is 0 Å². The second kappa shape index (κ2) is 8.29. The fourth-order valence-electron chi connectivity index (χ4n) is 4.50. The van der Waals surface area contributed by atoms with Gasteiger partial charge >= 0.3 is 5.97 Å². The lowest BCUT2D eigenvalue weighted by Crippen LogP contribution is -2.48. The zero-order valence-corrected chi connectivity index (χ0v) is 17.7. The third-order valence-electron chi connectivity index (χ3n) is 5.89. The molecule has 30 heavy (non-hydrogen) atoms. The van der Waals surface area contributed by atoms with E-state index in [9.17, 15) is 18.0 Å². The van der Waals surface area contributed by atoms with Crippen molar-refractivity contribution in [2.75, 3.05) is 18.1 Å². The van der Waals surface area contributed by atoms with Gasteiger partial charge in [0.15, 0.2) is 16.4 Å². The number of fused-ring (bicyclic) bond motifs is 1. The highest BCUT2D eigenvalue weighted by Crippen LogP contribution is 2.29. The molecule has 0 N–H and O–H groups in total. The van der Waals surface area contributed by atoms with E-state index in [1.165, 1.54) is 17.0 Å². The van der Waals surface area contributed by atoms with Crippen molar-refractivity contribution in [1.82, 2.24) is 24.5 Å². The van der Waals surface area contributed by atoms with Crippen molar-refractivity contribution in [3.8, 4) is 0 Å². The molecule has 1 atom stereocenters. The van der Waals surface area contributed by atoms with Crippen LogP contribution in [0.1, 0.15) is 55.1 Å². The molecule has 11 heteroatoms. The van der Waals surface area contributed by atoms with Crippen molar-refractivity contribution in [1.29, 1.82) is 0 Å². The van der Waals surface area contributed by atoms with Crippen LogP contribution < -0.4 is 0 Å². The summed E-state index contributed by atoms with van der Waals surface area (Å²) in [6.45, 7) is 1.45. The summed E-state index contributed by atoms with van der Waals surface area (Å²) in [7, 11) is -3.13. The smallest absolute Gasteiger partial charge is 0.342 e. The van der Waals surface area contributed by atoms with Gasteiger partial charge in [-0.05, 0) is 25.7 Å². The molecule has 10 nitrogen and oxygen atoms in total. The van der Waals surface area contributed by atoms with Gasteiger partial charge in [-0.3, -0.25) is 4.79 Å². The average molecular weight is 436 g/mol. The number of amides is 1. The number of hydrogen-bond acceptors (Lipinski definition) is 8. The molecule has 1 unspecified atom stereocenters. The summed E-state index contributed by atoms with van der Waals surface area (Å²) < 4.78 is 30.7. The zero-order chi connectivity index (χ0) is 21.3. The molecule has 1 amide bonds. The van der Waals surface area contributed by atoms with Crippen molar-refractivity contribution in [2.45, 2.75) is 57.5 Å². The van der Waals surface area contributed by atoms with Crippen molar-refractivity contribution in [3.63, 3.8) is 0 Å². The number of aryl methyl sites for hydroxylation is 1. The number of ether oxygens (including phenoxy) is 1. The topological polar surface area (TPSA) is 124 Å². The molecule has 1 aliphatic carbocycles. The van der Waals surface area contributed by atoms with Crippen molar-refractivity contribution < 1.29 is 22.7 Å². The number of esters is 1. The Kier molecular flexibility index (Phi) is 5.72. The molecule has 3 heterocycles. The normalized spacial score (nSPS) is 21.2. The second-order valence-corrected chi connectivity index (χ2v) is 10.0. The van der Waals surface area contributed by atoms with Gasteiger partial charge in [0.05, 0.1) is 22.8 Å². The van der Waals surface area contributed by atoms with Gasteiger partial charge in [-0.15, -0.1) is 0 Å². The molecule has 2 aromatic rings. The monoisotopic (exact) mass is 435 g/mol. The van der Waals surface area contributed by atoms with E-state index in [0.29, 0.717) is 24.3 Å². The highest BCUT2D eigenvalue weighted by atomic mass is 32.2. The second-order valence-electron chi connectivity index (χ2n) is 7.82. The van der Waals surface area contributed by atoms with Crippen LogP contribution in [0.2, 0.25) is 0 Å². The standard InChI is InChI=1S/C19H25N5O5S/c1-2-16-15(9-20-19-21-12-22-24(16)19)18(26)29-10-17(25)23(13-5-3-4-6-13)14-7-8-30(27,28)11-14/h9,12-14H,2-8,10-11H2,1H3. The van der Waals surface area contributed by atoms with Gasteiger partial charge in [0.25, 0.3) is 11.7 Å². The number of nitrogens with zero attached hydrogens (tertiary/aromatic N) is 5. The fourth-order valence-corrected chi connectivity index (χ4v) is 6.21. The van der Waals surface area contributed by atoms with Gasteiger partial charge in [0, 0.05) is 18.3 Å². The Balaban J connectivity index is 1.48. The number of carbonyl (C=O) groups is 2. The molecular weight excluding hydrogens is 410 g/mol. The first kappa shape index (κ1) is 20.7. The Morgan fingerprint density at radius 3 is 2.63 bits per heavy atom. The minimum atomic E-state index is -3.13. The SMILES string of the molecule is CCc1c(C(=O)OCC(=O)N(C2CCCC2)C2CCS(=O)(=O)C2)cnc2ncnn12. The van der Waals surface area contributed by atoms with Gasteiger partial charge < -0.3 is 9.64 Å². The summed E-state index contributed by atoms with van der Waals surface area (Å²) in [5.41, 5.74) is 0.837. The first-order valence-corrected chi connectivity index (χ1v) is 12.1. The molecule has 1 saturated heterocycles. The maximum Gasteiger partial charge on any atom is 0.342 e. The summed E-state index contributed by atoms with van der Waals surface area (Å²) in [5, 5.41) is 4.08. The Hall–Kier alpha value is -2.56. The first-order chi connectivity index (χ1) is 14.4. The van der Waals surface area contributed by atoms with Gasteiger partial charge in [-0.2, -0.15) is 10.1 Å². The summed E-state index contributed by atoms with van der Waals surface area (Å²) in [4.78, 5) is 35.4. The molecule has 1 aliphatic heterocycles. The molecule has 2 aromatic heterocycles. The van der Waals surface area contributed by atoms with Crippen LogP contribution in [-0.4, -0.2) is 75.0 Å². The number of sulfone groups is 1. The van der Waals surface area contributed by atoms with E-state index in [1.54, 1.807) is 4.90 Å². The van der Waals surface area contributed by atoms with Crippen LogP contribution in [0.3, 0.4) is 0 Å². The molecule has 2 fully saturated rings. The number of hydrogen-bond donors (Lipinski definition) is 0. The predicted octanol–water partition coefficient (Wildman–Crippen LogP) is 0.802. The summed E-state index contributed by atoms with van der Waals surface area (Å²) in [5.74, 6) is -0.539. The number of carbonyl (C=O) groups excluding carboxylic acids is 2. The van der Waals surface area contributed by atoms with Crippen LogP contribution in [0.5, 0.6) is 0 Å². The first-order valence-electron chi connectivity index (χ1n) is 10.3. The van der Waals surface area contributed by atoms with Crippen molar-refractivity contribution >= 4 is 27.5 Å². The molecular formula is C19H25N5O5S. The van der Waals surface area contributed by atoms with E-state index < -0.39 is 22.4 Å². The lowest BCUT2D eigenvalue weighted by molar-refractivity contribution is -0.139. The molecule has 0 radical (unpaired) electrons. The predicted molar refractivity (Wildman–Crippen MR) is 107 cm³/mol. The lowest BCUT2D eigenvalue weighted by atomic mass is 10.1. The summed E-state index contributed by atoms with van der Waals surface area (Å²) in [6, 6.07) is -0.336. The van der Waals surface area contributed by atoms with Crippen LogP contribution in [0, 0.1) is 0 Å². The van der Waals surface area contributed by atoms with E-state index in [1.807, 2.05) is 6.92 Å². The lowest BCUT2D eigenvalue weighted by Gasteiger charge is -2.33. The van der Waals surface area contributed by atoms with Crippen LogP contribution >= 0.6 is 0 Å². The van der Waals surface area contributed by atoms with E-state index in [2.05, 4.69) is 15.1 Å². The third kappa shape index (κ3) is 4.03. The zero-order valence-electron chi connectivity index (χ0n) is 16.9. The van der Waals surface area contributed by atoms with Crippen molar-refractivity contribution in [3.05, 3.63) is 23.8 Å². The molecule has 162 valence electrons. The third-order valence-corrected chi connectivity index (χ3v) is 7.65. The Labute approximate surface area is 174 Å².